The predicted octanol–water partition coefficient (Wildman–Crippen LogP) is 3.17. The fourth-order valence-electron chi connectivity index (χ4n) is 2.73. The number of hydrogen-bond donors (Lipinski definition) is 1. The first kappa shape index (κ1) is 17.7. The molecule has 0 saturated heterocycles. The van der Waals surface area contributed by atoms with Gasteiger partial charge in [0.15, 0.2) is 12.3 Å². The van der Waals surface area contributed by atoms with E-state index in [2.05, 4.69) is 20.3 Å². The lowest BCUT2D eigenvalue weighted by Gasteiger charge is -2.04. The van der Waals surface area contributed by atoms with E-state index in [4.69, 9.17) is 9.15 Å². The fourth-order valence-corrected chi connectivity index (χ4v) is 2.73. The Morgan fingerprint density at radius 1 is 1.11 bits per heavy atom. The molecule has 4 rings (SSSR count). The van der Waals surface area contributed by atoms with Crippen LogP contribution in [-0.2, 0) is 13.0 Å². The van der Waals surface area contributed by atoms with Crippen molar-refractivity contribution in [3.05, 3.63) is 84.5 Å². The van der Waals surface area contributed by atoms with E-state index >= 15 is 0 Å². The molecule has 1 aromatic carbocycles. The molecule has 140 valence electrons. The molecule has 0 fully saturated rings. The Bertz CT molecular complexity index is 1080. The molecule has 1 amide bonds. The van der Waals surface area contributed by atoms with Crippen LogP contribution in [0, 0.1) is 0 Å². The van der Waals surface area contributed by atoms with Gasteiger partial charge in [0.05, 0.1) is 5.52 Å². The van der Waals surface area contributed by atoms with Crippen LogP contribution in [0.3, 0.4) is 0 Å². The summed E-state index contributed by atoms with van der Waals surface area (Å²) >= 11 is 0. The summed E-state index contributed by atoms with van der Waals surface area (Å²) < 4.78 is 11.1. The number of aromatic nitrogens is 3. The molecule has 0 aliphatic carbocycles. The Morgan fingerprint density at radius 3 is 2.89 bits per heavy atom. The second-order valence-corrected chi connectivity index (χ2v) is 6.13. The summed E-state index contributed by atoms with van der Waals surface area (Å²) in [5.41, 5.74) is 2.24. The van der Waals surface area contributed by atoms with Crippen LogP contribution in [0.4, 0.5) is 0 Å². The van der Waals surface area contributed by atoms with Gasteiger partial charge >= 0.3 is 0 Å². The zero-order valence-electron chi connectivity index (χ0n) is 15.0. The molecule has 0 aliphatic rings. The molecule has 1 N–H and O–H groups in total. The van der Waals surface area contributed by atoms with Crippen LogP contribution in [0.1, 0.15) is 21.9 Å². The number of rotatable bonds is 7. The lowest BCUT2D eigenvalue weighted by Crippen LogP contribution is -2.26. The number of carbonyl (C=O) groups is 1. The van der Waals surface area contributed by atoms with E-state index in [9.17, 15) is 4.79 Å². The number of benzene rings is 1. The van der Waals surface area contributed by atoms with Gasteiger partial charge < -0.3 is 14.5 Å². The summed E-state index contributed by atoms with van der Waals surface area (Å²) in [6, 6.07) is 13.3. The molecule has 3 heterocycles. The first-order chi connectivity index (χ1) is 13.8. The first-order valence-electron chi connectivity index (χ1n) is 8.87. The van der Waals surface area contributed by atoms with Gasteiger partial charge in [-0.2, -0.15) is 0 Å². The van der Waals surface area contributed by atoms with Crippen LogP contribution in [0.5, 0.6) is 5.75 Å². The van der Waals surface area contributed by atoms with E-state index in [0.717, 1.165) is 22.9 Å². The largest absolute Gasteiger partial charge is 0.484 e. The van der Waals surface area contributed by atoms with Crippen molar-refractivity contribution in [3.8, 4) is 5.75 Å². The number of carbonyl (C=O) groups excluding carboxylic acids is 1. The van der Waals surface area contributed by atoms with Crippen molar-refractivity contribution in [2.24, 2.45) is 0 Å². The normalized spacial score (nSPS) is 10.7. The highest BCUT2D eigenvalue weighted by atomic mass is 16.5. The smallest absolute Gasteiger partial charge is 0.273 e. The summed E-state index contributed by atoms with van der Waals surface area (Å²) in [6.07, 6.45) is 7.27. The molecule has 0 aliphatic heterocycles. The molecule has 4 aromatic rings. The molecular formula is C21H18N4O3. The summed E-state index contributed by atoms with van der Waals surface area (Å²) in [5, 5.41) is 3.81. The Balaban J connectivity index is 1.30. The van der Waals surface area contributed by atoms with Crippen LogP contribution in [0.2, 0.25) is 0 Å². The van der Waals surface area contributed by atoms with Crippen LogP contribution in [0.25, 0.3) is 10.9 Å². The molecule has 0 unspecified atom stereocenters. The van der Waals surface area contributed by atoms with Crippen LogP contribution >= 0.6 is 0 Å². The Hall–Kier alpha value is -3.74. The van der Waals surface area contributed by atoms with E-state index < -0.39 is 0 Å². The number of hydrogen-bond acceptors (Lipinski definition) is 6. The lowest BCUT2D eigenvalue weighted by molar-refractivity contribution is 0.0949. The number of oxazole rings is 1. The summed E-state index contributed by atoms with van der Waals surface area (Å²) in [5.74, 6) is 0.744. The van der Waals surface area contributed by atoms with Crippen LogP contribution in [-0.4, -0.2) is 27.4 Å². The van der Waals surface area contributed by atoms with Crippen molar-refractivity contribution in [2.45, 2.75) is 13.0 Å². The minimum Gasteiger partial charge on any atom is -0.484 e. The second-order valence-electron chi connectivity index (χ2n) is 6.13. The third-order valence-corrected chi connectivity index (χ3v) is 4.17. The zero-order chi connectivity index (χ0) is 19.2. The molecule has 0 bridgehead atoms. The summed E-state index contributed by atoms with van der Waals surface area (Å²) in [4.78, 5) is 24.6. The third-order valence-electron chi connectivity index (χ3n) is 4.17. The van der Waals surface area contributed by atoms with E-state index in [1.165, 1.54) is 6.26 Å². The Kier molecular flexibility index (Phi) is 5.24. The minimum absolute atomic E-state index is 0.135. The number of nitrogens with zero attached hydrogens (tertiary/aromatic N) is 3. The molecule has 7 heteroatoms. The van der Waals surface area contributed by atoms with Gasteiger partial charge in [-0.1, -0.05) is 6.07 Å². The minimum atomic E-state index is -0.277. The van der Waals surface area contributed by atoms with Gasteiger partial charge in [-0.05, 0) is 48.4 Å². The standard InChI is InChI=1S/C21H18N4O3/c26-21(24-11-7-15-5-9-22-10-6-15)19-13-28-20(25-19)14-27-17-3-4-18-16(12-17)2-1-8-23-18/h1-6,8-10,12-13H,7,11,14H2,(H,24,26). The lowest BCUT2D eigenvalue weighted by atomic mass is 10.2. The van der Waals surface area contributed by atoms with Crippen LogP contribution in [0.15, 0.2) is 71.7 Å². The maximum Gasteiger partial charge on any atom is 0.273 e. The second kappa shape index (κ2) is 8.30. The first-order valence-corrected chi connectivity index (χ1v) is 8.87. The van der Waals surface area contributed by atoms with Gasteiger partial charge in [0, 0.05) is 30.5 Å². The molecule has 7 nitrogen and oxygen atoms in total. The molecular weight excluding hydrogens is 356 g/mol. The molecule has 0 atom stereocenters. The van der Waals surface area contributed by atoms with E-state index in [-0.39, 0.29) is 18.2 Å². The average Bonchev–Trinajstić information content (AvgIpc) is 3.22. The molecule has 0 radical (unpaired) electrons. The Labute approximate surface area is 161 Å². The van der Waals surface area contributed by atoms with Gasteiger partial charge in [-0.3, -0.25) is 14.8 Å². The average molecular weight is 374 g/mol. The quantitative estimate of drug-likeness (QED) is 0.534. The highest BCUT2D eigenvalue weighted by Gasteiger charge is 2.12. The maximum absolute atomic E-state index is 12.2. The Morgan fingerprint density at radius 2 is 2.00 bits per heavy atom. The molecule has 0 spiro atoms. The number of amides is 1. The van der Waals surface area contributed by atoms with Crippen molar-refractivity contribution in [1.29, 1.82) is 0 Å². The predicted molar refractivity (Wildman–Crippen MR) is 103 cm³/mol. The van der Waals surface area contributed by atoms with Gasteiger partial charge in [0.2, 0.25) is 5.89 Å². The summed E-state index contributed by atoms with van der Waals surface area (Å²) in [7, 11) is 0. The third kappa shape index (κ3) is 4.32. The van der Waals surface area contributed by atoms with Crippen molar-refractivity contribution in [3.63, 3.8) is 0 Å². The maximum atomic E-state index is 12.2. The number of nitrogens with one attached hydrogen (secondary N) is 1. The van der Waals surface area contributed by atoms with Gasteiger partial charge in [-0.25, -0.2) is 4.98 Å². The SMILES string of the molecule is O=C(NCCc1ccncc1)c1coc(COc2ccc3ncccc3c2)n1. The number of ether oxygens (including phenoxy) is 1. The zero-order valence-corrected chi connectivity index (χ0v) is 15.0. The molecule has 0 saturated carbocycles. The van der Waals surface area contributed by atoms with Gasteiger partial charge in [0.25, 0.3) is 5.91 Å². The summed E-state index contributed by atoms with van der Waals surface area (Å²) in [6.45, 7) is 0.642. The van der Waals surface area contributed by atoms with Crippen molar-refractivity contribution >= 4 is 16.8 Å². The molecule has 3 aromatic heterocycles. The monoisotopic (exact) mass is 374 g/mol. The van der Waals surface area contributed by atoms with Crippen molar-refractivity contribution in [2.75, 3.05) is 6.54 Å². The number of pyridine rings is 2. The van der Waals surface area contributed by atoms with E-state index in [1.807, 2.05) is 42.5 Å². The highest BCUT2D eigenvalue weighted by molar-refractivity contribution is 5.91. The fraction of sp³-hybridized carbons (Fsp3) is 0.143. The highest BCUT2D eigenvalue weighted by Crippen LogP contribution is 2.19. The van der Waals surface area contributed by atoms with E-state index in [1.54, 1.807) is 18.6 Å². The van der Waals surface area contributed by atoms with Gasteiger partial charge in [-0.15, -0.1) is 0 Å². The van der Waals surface area contributed by atoms with Crippen molar-refractivity contribution < 1.29 is 13.9 Å². The number of fused-ring (bicyclic) bond motifs is 1. The topological polar surface area (TPSA) is 90.1 Å². The van der Waals surface area contributed by atoms with Crippen molar-refractivity contribution in [1.82, 2.24) is 20.3 Å². The van der Waals surface area contributed by atoms with Crippen LogP contribution < -0.4 is 10.1 Å². The van der Waals surface area contributed by atoms with Gasteiger partial charge in [0.1, 0.15) is 12.0 Å². The van der Waals surface area contributed by atoms with E-state index in [0.29, 0.717) is 18.2 Å². The molecule has 28 heavy (non-hydrogen) atoms.